The molecule has 1 unspecified atom stereocenters. The molecule has 0 fully saturated rings. The van der Waals surface area contributed by atoms with E-state index in [1.54, 1.807) is 0 Å². The van der Waals surface area contributed by atoms with Crippen LogP contribution in [-0.4, -0.2) is 37.2 Å². The summed E-state index contributed by atoms with van der Waals surface area (Å²) in [6, 6.07) is 0. The quantitative estimate of drug-likeness (QED) is 0.0261. The van der Waals surface area contributed by atoms with Crippen LogP contribution in [0.1, 0.15) is 380 Å². The summed E-state index contributed by atoms with van der Waals surface area (Å²) in [5, 5.41) is 0. The highest BCUT2D eigenvalue weighted by Crippen LogP contribution is 2.19. The second-order valence-corrected chi connectivity index (χ2v) is 23.8. The molecule has 6 heteroatoms. The van der Waals surface area contributed by atoms with Crippen LogP contribution in [0.15, 0.2) is 48.6 Å². The molecule has 0 rings (SSSR count). The van der Waals surface area contributed by atoms with E-state index in [1.807, 2.05) is 0 Å². The summed E-state index contributed by atoms with van der Waals surface area (Å²) < 4.78 is 17.0. The van der Waals surface area contributed by atoms with Gasteiger partial charge in [-0.2, -0.15) is 0 Å². The van der Waals surface area contributed by atoms with Crippen molar-refractivity contribution in [2.45, 2.75) is 386 Å². The second kappa shape index (κ2) is 67.9. The molecule has 0 aromatic carbocycles. The van der Waals surface area contributed by atoms with E-state index in [2.05, 4.69) is 69.4 Å². The molecule has 0 amide bonds. The van der Waals surface area contributed by atoms with Crippen molar-refractivity contribution in [2.24, 2.45) is 0 Å². The smallest absolute Gasteiger partial charge is 0.306 e. The minimum atomic E-state index is -0.768. The van der Waals surface area contributed by atoms with Crippen LogP contribution in [0, 0.1) is 0 Å². The first-order valence-corrected chi connectivity index (χ1v) is 35.1. The molecule has 0 radical (unpaired) electrons. The van der Waals surface area contributed by atoms with Gasteiger partial charge in [-0.25, -0.2) is 0 Å². The van der Waals surface area contributed by atoms with Crippen molar-refractivity contribution in [3.8, 4) is 0 Å². The lowest BCUT2D eigenvalue weighted by atomic mass is 10.0. The number of hydrogen-bond donors (Lipinski definition) is 0. The van der Waals surface area contributed by atoms with Crippen LogP contribution < -0.4 is 0 Å². The third-order valence-electron chi connectivity index (χ3n) is 15.8. The molecular formula is C73H134O6. The van der Waals surface area contributed by atoms with Crippen molar-refractivity contribution in [1.82, 2.24) is 0 Å². The van der Waals surface area contributed by atoms with Crippen molar-refractivity contribution in [3.05, 3.63) is 48.6 Å². The summed E-state index contributed by atoms with van der Waals surface area (Å²) in [5.41, 5.74) is 0. The maximum Gasteiger partial charge on any atom is 0.306 e. The molecule has 0 heterocycles. The zero-order valence-electron chi connectivity index (χ0n) is 53.2. The maximum atomic E-state index is 12.9. The summed E-state index contributed by atoms with van der Waals surface area (Å²) in [5.74, 6) is -0.839. The lowest BCUT2D eigenvalue weighted by Gasteiger charge is -2.18. The van der Waals surface area contributed by atoms with Crippen molar-refractivity contribution >= 4 is 17.9 Å². The Morgan fingerprint density at radius 1 is 0.266 bits per heavy atom. The third-order valence-corrected chi connectivity index (χ3v) is 15.8. The van der Waals surface area contributed by atoms with Gasteiger partial charge in [0, 0.05) is 19.3 Å². The number of allylic oxidation sites excluding steroid dienone is 8. The minimum absolute atomic E-state index is 0.0659. The van der Waals surface area contributed by atoms with Gasteiger partial charge in [0.15, 0.2) is 6.10 Å². The summed E-state index contributed by atoms with van der Waals surface area (Å²) >= 11 is 0. The Morgan fingerprint density at radius 3 is 0.772 bits per heavy atom. The zero-order chi connectivity index (χ0) is 57.1. The van der Waals surface area contributed by atoms with Gasteiger partial charge >= 0.3 is 17.9 Å². The SMILES string of the molecule is CC/C=C\C/C=C\C/C=C\C/C=C\CCCCCCCCCCCCCCCCCCC(=O)OCC(COC(=O)CCCCCCCCCCCC)OC(=O)CCCCCCCCCCCCCCCCCCCCCCCC. The standard InChI is InChI=1S/C73H134O6/c1-4-7-10-13-16-19-22-24-26-28-30-32-34-35-36-37-38-39-40-42-43-45-47-49-51-54-57-60-63-66-72(75)78-69-70(68-77-71(74)65-62-59-56-53-21-18-15-12-9-6-3)79-73(76)67-64-61-58-55-52-50-48-46-44-41-33-31-29-27-25-23-20-17-14-11-8-5-2/h7,10,16,19,24,26,30,32,70H,4-6,8-9,11-15,17-18,20-23,25,27-29,31,33-69H2,1-3H3/b10-7-,19-16-,26-24-,32-30-. The van der Waals surface area contributed by atoms with Gasteiger partial charge in [-0.3, -0.25) is 14.4 Å². The first-order valence-electron chi connectivity index (χ1n) is 35.1. The van der Waals surface area contributed by atoms with Crippen LogP contribution in [0.3, 0.4) is 0 Å². The molecule has 462 valence electrons. The Hall–Kier alpha value is -2.63. The fraction of sp³-hybridized carbons (Fsp3) is 0.849. The second-order valence-electron chi connectivity index (χ2n) is 23.8. The average Bonchev–Trinajstić information content (AvgIpc) is 3.45. The first kappa shape index (κ1) is 76.4. The van der Waals surface area contributed by atoms with Crippen molar-refractivity contribution in [2.75, 3.05) is 13.2 Å². The normalized spacial score (nSPS) is 12.3. The molecule has 0 aromatic rings. The molecule has 79 heavy (non-hydrogen) atoms. The van der Waals surface area contributed by atoms with Gasteiger partial charge < -0.3 is 14.2 Å². The number of carbonyl (C=O) groups excluding carboxylic acids is 3. The van der Waals surface area contributed by atoms with Gasteiger partial charge in [-0.05, 0) is 57.8 Å². The Kier molecular flexibility index (Phi) is 65.6. The van der Waals surface area contributed by atoms with Crippen molar-refractivity contribution in [1.29, 1.82) is 0 Å². The summed E-state index contributed by atoms with van der Waals surface area (Å²) in [7, 11) is 0. The van der Waals surface area contributed by atoms with Gasteiger partial charge in [0.05, 0.1) is 0 Å². The van der Waals surface area contributed by atoms with Gasteiger partial charge in [0.2, 0.25) is 0 Å². The van der Waals surface area contributed by atoms with E-state index >= 15 is 0 Å². The molecule has 0 aliphatic heterocycles. The summed E-state index contributed by atoms with van der Waals surface area (Å²) in [4.78, 5) is 38.3. The molecule has 0 saturated heterocycles. The number of hydrogen-bond acceptors (Lipinski definition) is 6. The maximum absolute atomic E-state index is 12.9. The van der Waals surface area contributed by atoms with Crippen molar-refractivity contribution < 1.29 is 28.6 Å². The van der Waals surface area contributed by atoms with Crippen LogP contribution >= 0.6 is 0 Å². The highest BCUT2D eigenvalue weighted by atomic mass is 16.6. The predicted molar refractivity (Wildman–Crippen MR) is 344 cm³/mol. The largest absolute Gasteiger partial charge is 0.462 e. The van der Waals surface area contributed by atoms with E-state index in [9.17, 15) is 14.4 Å². The van der Waals surface area contributed by atoms with Gasteiger partial charge in [0.25, 0.3) is 0 Å². The fourth-order valence-electron chi connectivity index (χ4n) is 10.6. The highest BCUT2D eigenvalue weighted by molar-refractivity contribution is 5.71. The Labute approximate surface area is 492 Å². The molecule has 0 N–H and O–H groups in total. The summed E-state index contributed by atoms with van der Waals surface area (Å²) in [6.07, 6.45) is 85.8. The highest BCUT2D eigenvalue weighted by Gasteiger charge is 2.19. The lowest BCUT2D eigenvalue weighted by Crippen LogP contribution is -2.30. The fourth-order valence-corrected chi connectivity index (χ4v) is 10.6. The molecule has 6 nitrogen and oxygen atoms in total. The molecular weight excluding hydrogens is 973 g/mol. The van der Waals surface area contributed by atoms with Gasteiger partial charge in [-0.1, -0.05) is 352 Å². The summed E-state index contributed by atoms with van der Waals surface area (Å²) in [6.45, 7) is 6.59. The van der Waals surface area contributed by atoms with E-state index in [4.69, 9.17) is 14.2 Å². The molecule has 0 aliphatic rings. The van der Waals surface area contributed by atoms with Crippen LogP contribution in [0.4, 0.5) is 0 Å². The van der Waals surface area contributed by atoms with E-state index in [0.29, 0.717) is 19.3 Å². The number of rotatable bonds is 65. The van der Waals surface area contributed by atoms with Gasteiger partial charge in [-0.15, -0.1) is 0 Å². The van der Waals surface area contributed by atoms with Crippen molar-refractivity contribution in [3.63, 3.8) is 0 Å². The molecule has 0 aliphatic carbocycles. The third kappa shape index (κ3) is 66.1. The minimum Gasteiger partial charge on any atom is -0.462 e. The Balaban J connectivity index is 4.12. The van der Waals surface area contributed by atoms with Crippen LogP contribution in [0.2, 0.25) is 0 Å². The first-order chi connectivity index (χ1) is 39.0. The van der Waals surface area contributed by atoms with E-state index in [1.165, 1.54) is 257 Å². The lowest BCUT2D eigenvalue weighted by molar-refractivity contribution is -0.167. The number of unbranched alkanes of at least 4 members (excludes halogenated alkanes) is 46. The van der Waals surface area contributed by atoms with Crippen LogP contribution in [0.25, 0.3) is 0 Å². The Bertz CT molecular complexity index is 1360. The topological polar surface area (TPSA) is 78.9 Å². The van der Waals surface area contributed by atoms with Gasteiger partial charge in [0.1, 0.15) is 13.2 Å². The van der Waals surface area contributed by atoms with Crippen LogP contribution in [0.5, 0.6) is 0 Å². The Morgan fingerprint density at radius 2 is 0.494 bits per heavy atom. The van der Waals surface area contributed by atoms with E-state index < -0.39 is 6.10 Å². The number of carbonyl (C=O) groups is 3. The van der Waals surface area contributed by atoms with E-state index in [-0.39, 0.29) is 31.1 Å². The molecule has 0 bridgehead atoms. The number of esters is 3. The number of ether oxygens (including phenoxy) is 3. The molecule has 0 aromatic heterocycles. The monoisotopic (exact) mass is 1110 g/mol. The molecule has 0 spiro atoms. The zero-order valence-corrected chi connectivity index (χ0v) is 53.2. The van der Waals surface area contributed by atoms with Crippen LogP contribution in [-0.2, 0) is 28.6 Å². The van der Waals surface area contributed by atoms with E-state index in [0.717, 1.165) is 83.5 Å². The molecule has 0 saturated carbocycles. The predicted octanol–water partition coefficient (Wildman–Crippen LogP) is 24.1. The average molecular weight is 1110 g/mol. The molecule has 1 atom stereocenters.